The van der Waals surface area contributed by atoms with Gasteiger partial charge in [0.05, 0.1) is 26.2 Å². The molecule has 0 aliphatic rings. The van der Waals surface area contributed by atoms with Gasteiger partial charge >= 0.3 is 5.97 Å². The molecule has 1 aromatic rings. The van der Waals surface area contributed by atoms with Crippen LogP contribution in [-0.4, -0.2) is 25.2 Å². The van der Waals surface area contributed by atoms with Crippen LogP contribution < -0.4 is 10.3 Å². The van der Waals surface area contributed by atoms with E-state index in [1.165, 1.54) is 0 Å². The van der Waals surface area contributed by atoms with Crippen LogP contribution in [0.1, 0.15) is 17.6 Å². The minimum Gasteiger partial charge on any atom is -0.482 e. The summed E-state index contributed by atoms with van der Waals surface area (Å²) in [6, 6.07) is 0.944. The van der Waals surface area contributed by atoms with Gasteiger partial charge in [-0.1, -0.05) is 0 Å². The SMILES string of the molecule is COC(=O)Cc1cc(C(F)F)c(OC)[nH]c1=O. The van der Waals surface area contributed by atoms with E-state index in [2.05, 4.69) is 14.5 Å². The van der Waals surface area contributed by atoms with Crippen LogP contribution in [0.5, 0.6) is 5.88 Å². The Morgan fingerprint density at radius 1 is 1.47 bits per heavy atom. The first kappa shape index (κ1) is 13.1. The summed E-state index contributed by atoms with van der Waals surface area (Å²) in [4.78, 5) is 24.6. The first-order valence-electron chi connectivity index (χ1n) is 4.64. The van der Waals surface area contributed by atoms with Gasteiger partial charge in [0.1, 0.15) is 0 Å². The lowest BCUT2D eigenvalue weighted by atomic mass is 10.1. The van der Waals surface area contributed by atoms with E-state index in [1.54, 1.807) is 0 Å². The molecule has 0 atom stereocenters. The van der Waals surface area contributed by atoms with Gasteiger partial charge in [-0.05, 0) is 6.07 Å². The highest BCUT2D eigenvalue weighted by atomic mass is 19.3. The molecule has 5 nitrogen and oxygen atoms in total. The summed E-state index contributed by atoms with van der Waals surface area (Å²) in [5, 5.41) is 0. The molecule has 1 aromatic heterocycles. The Morgan fingerprint density at radius 3 is 2.59 bits per heavy atom. The van der Waals surface area contributed by atoms with Gasteiger partial charge in [-0.3, -0.25) is 14.6 Å². The lowest BCUT2D eigenvalue weighted by Gasteiger charge is -2.08. The Balaban J connectivity index is 3.20. The van der Waals surface area contributed by atoms with E-state index >= 15 is 0 Å². The van der Waals surface area contributed by atoms with Gasteiger partial charge in [0, 0.05) is 5.56 Å². The number of rotatable bonds is 4. The topological polar surface area (TPSA) is 68.4 Å². The largest absolute Gasteiger partial charge is 0.482 e. The molecule has 0 unspecified atom stereocenters. The smallest absolute Gasteiger partial charge is 0.310 e. The number of aromatic nitrogens is 1. The molecule has 0 saturated carbocycles. The minimum atomic E-state index is -2.81. The summed E-state index contributed by atoms with van der Waals surface area (Å²) in [6.45, 7) is 0. The van der Waals surface area contributed by atoms with Crippen LogP contribution in [0.4, 0.5) is 8.78 Å². The summed E-state index contributed by atoms with van der Waals surface area (Å²) >= 11 is 0. The number of aromatic amines is 1. The van der Waals surface area contributed by atoms with Crippen molar-refractivity contribution in [2.75, 3.05) is 14.2 Å². The van der Waals surface area contributed by atoms with Crippen LogP contribution in [0.25, 0.3) is 0 Å². The van der Waals surface area contributed by atoms with Crippen molar-refractivity contribution in [2.24, 2.45) is 0 Å². The number of carbonyl (C=O) groups is 1. The number of H-pyrrole nitrogens is 1. The van der Waals surface area contributed by atoms with Gasteiger partial charge in [0.2, 0.25) is 5.88 Å². The Kier molecular flexibility index (Phi) is 4.19. The zero-order valence-electron chi connectivity index (χ0n) is 9.25. The molecule has 0 aliphatic carbocycles. The van der Waals surface area contributed by atoms with E-state index in [9.17, 15) is 18.4 Å². The maximum atomic E-state index is 12.6. The molecule has 1 rings (SSSR count). The van der Waals surface area contributed by atoms with Gasteiger partial charge in [0.15, 0.2) is 0 Å². The van der Waals surface area contributed by atoms with Crippen LogP contribution in [-0.2, 0) is 16.0 Å². The van der Waals surface area contributed by atoms with Crippen molar-refractivity contribution < 1.29 is 23.0 Å². The monoisotopic (exact) mass is 247 g/mol. The van der Waals surface area contributed by atoms with Crippen LogP contribution in [0.2, 0.25) is 0 Å². The quantitative estimate of drug-likeness (QED) is 0.807. The zero-order chi connectivity index (χ0) is 13.0. The van der Waals surface area contributed by atoms with Crippen LogP contribution in [0, 0.1) is 0 Å². The predicted molar refractivity (Wildman–Crippen MR) is 54.3 cm³/mol. The third kappa shape index (κ3) is 3.02. The minimum absolute atomic E-state index is 0.0899. The number of alkyl halides is 2. The van der Waals surface area contributed by atoms with Gasteiger partial charge < -0.3 is 9.47 Å². The number of esters is 1. The standard InChI is InChI=1S/C10H11F2NO4/c1-16-7(14)4-5-3-6(8(11)12)10(17-2)13-9(5)15/h3,8H,4H2,1-2H3,(H,13,15). The van der Waals surface area contributed by atoms with E-state index < -0.39 is 23.5 Å². The number of hydrogen-bond acceptors (Lipinski definition) is 4. The maximum Gasteiger partial charge on any atom is 0.310 e. The number of pyridine rings is 1. The number of hydrogen-bond donors (Lipinski definition) is 1. The average molecular weight is 247 g/mol. The normalized spacial score (nSPS) is 10.4. The molecule has 1 N–H and O–H groups in total. The van der Waals surface area contributed by atoms with Crippen molar-refractivity contribution >= 4 is 5.97 Å². The van der Waals surface area contributed by atoms with E-state index in [4.69, 9.17) is 0 Å². The first-order chi connectivity index (χ1) is 7.99. The van der Waals surface area contributed by atoms with Crippen molar-refractivity contribution in [3.8, 4) is 5.88 Å². The second-order valence-electron chi connectivity index (χ2n) is 3.17. The molecule has 0 fully saturated rings. The van der Waals surface area contributed by atoms with E-state index in [-0.39, 0.29) is 17.9 Å². The summed E-state index contributed by atoms with van der Waals surface area (Å²) in [5.41, 5.74) is -1.21. The average Bonchev–Trinajstić information content (AvgIpc) is 2.30. The molecule has 0 aliphatic heterocycles. The molecular formula is C10H11F2NO4. The summed E-state index contributed by atoms with van der Waals surface area (Å²) < 4.78 is 34.2. The maximum absolute atomic E-state index is 12.6. The molecule has 1 heterocycles. The highest BCUT2D eigenvalue weighted by Crippen LogP contribution is 2.26. The lowest BCUT2D eigenvalue weighted by molar-refractivity contribution is -0.139. The lowest BCUT2D eigenvalue weighted by Crippen LogP contribution is -2.19. The molecule has 0 bridgehead atoms. The highest BCUT2D eigenvalue weighted by molar-refractivity contribution is 5.72. The van der Waals surface area contributed by atoms with Gasteiger partial charge in [-0.2, -0.15) is 0 Å². The Bertz CT molecular complexity index is 470. The molecular weight excluding hydrogens is 236 g/mol. The van der Waals surface area contributed by atoms with E-state index in [1.807, 2.05) is 0 Å². The van der Waals surface area contributed by atoms with E-state index in [0.717, 1.165) is 20.3 Å². The fourth-order valence-electron chi connectivity index (χ4n) is 1.26. The summed E-state index contributed by atoms with van der Waals surface area (Å²) in [5.74, 6) is -0.987. The Morgan fingerprint density at radius 2 is 2.12 bits per heavy atom. The van der Waals surface area contributed by atoms with Gasteiger partial charge in [0.25, 0.3) is 12.0 Å². The summed E-state index contributed by atoms with van der Waals surface area (Å²) in [6.07, 6.45) is -3.17. The highest BCUT2D eigenvalue weighted by Gasteiger charge is 2.18. The second-order valence-corrected chi connectivity index (χ2v) is 3.17. The van der Waals surface area contributed by atoms with Crippen LogP contribution in [0.3, 0.4) is 0 Å². The molecule has 0 spiro atoms. The predicted octanol–water partition coefficient (Wildman–Crippen LogP) is 1.04. The number of ether oxygens (including phenoxy) is 2. The van der Waals surface area contributed by atoms with E-state index in [0.29, 0.717) is 0 Å². The van der Waals surface area contributed by atoms with Crippen LogP contribution >= 0.6 is 0 Å². The third-order valence-corrected chi connectivity index (χ3v) is 2.11. The third-order valence-electron chi connectivity index (χ3n) is 2.11. The number of methoxy groups -OCH3 is 2. The van der Waals surface area contributed by atoms with Crippen molar-refractivity contribution in [1.82, 2.24) is 4.98 Å². The summed E-state index contributed by atoms with van der Waals surface area (Å²) in [7, 11) is 2.31. The zero-order valence-corrected chi connectivity index (χ0v) is 9.25. The Hall–Kier alpha value is -1.92. The van der Waals surface area contributed by atoms with Gasteiger partial charge in [-0.25, -0.2) is 8.78 Å². The van der Waals surface area contributed by atoms with Crippen molar-refractivity contribution in [3.63, 3.8) is 0 Å². The molecule has 0 radical (unpaired) electrons. The number of halogens is 2. The molecule has 0 amide bonds. The fourth-order valence-corrected chi connectivity index (χ4v) is 1.26. The first-order valence-corrected chi connectivity index (χ1v) is 4.64. The molecule has 7 heteroatoms. The molecule has 17 heavy (non-hydrogen) atoms. The molecule has 0 aromatic carbocycles. The second kappa shape index (κ2) is 5.42. The fraction of sp³-hybridized carbons (Fsp3) is 0.400. The molecule has 0 saturated heterocycles. The van der Waals surface area contributed by atoms with Crippen molar-refractivity contribution in [3.05, 3.63) is 27.5 Å². The Labute approximate surface area is 95.4 Å². The van der Waals surface area contributed by atoms with Crippen LogP contribution in [0.15, 0.2) is 10.9 Å². The van der Waals surface area contributed by atoms with Gasteiger partial charge in [-0.15, -0.1) is 0 Å². The van der Waals surface area contributed by atoms with Crippen molar-refractivity contribution in [2.45, 2.75) is 12.8 Å². The number of nitrogens with one attached hydrogen (secondary N) is 1. The van der Waals surface area contributed by atoms with Crippen molar-refractivity contribution in [1.29, 1.82) is 0 Å². The number of carbonyl (C=O) groups excluding carboxylic acids is 1. The molecule has 94 valence electrons.